The molecule has 1 rings (SSSR count). The Labute approximate surface area is 82.5 Å². The van der Waals surface area contributed by atoms with Crippen molar-refractivity contribution in [1.82, 2.24) is 4.98 Å². The average molecular weight is 199 g/mol. The fourth-order valence-corrected chi connectivity index (χ4v) is 1.32. The third kappa shape index (κ3) is 2.69. The Bertz CT molecular complexity index is 293. The lowest BCUT2D eigenvalue weighted by atomic mass is 9.78. The third-order valence-electron chi connectivity index (χ3n) is 1.74. The quantitative estimate of drug-likeness (QED) is 0.692. The molecular weight excluding hydrogens is 188 g/mol. The van der Waals surface area contributed by atoms with Gasteiger partial charge < -0.3 is 10.0 Å². The number of hydrogen-bond acceptors (Lipinski definition) is 3. The molecule has 13 heavy (non-hydrogen) atoms. The van der Waals surface area contributed by atoms with Gasteiger partial charge in [0, 0.05) is 17.4 Å². The van der Waals surface area contributed by atoms with Gasteiger partial charge in [-0.05, 0) is 12.5 Å². The van der Waals surface area contributed by atoms with Crippen molar-refractivity contribution in [1.29, 1.82) is 0 Å². The van der Waals surface area contributed by atoms with Gasteiger partial charge in [-0.2, -0.15) is 0 Å². The second kappa shape index (κ2) is 4.60. The Hall–Kier alpha value is -0.575. The van der Waals surface area contributed by atoms with Crippen LogP contribution in [0.25, 0.3) is 0 Å². The van der Waals surface area contributed by atoms with E-state index in [2.05, 4.69) is 4.98 Å². The highest BCUT2D eigenvalue weighted by Crippen LogP contribution is 2.06. The van der Waals surface area contributed by atoms with Crippen molar-refractivity contribution in [3.8, 4) is 0 Å². The summed E-state index contributed by atoms with van der Waals surface area (Å²) < 4.78 is 0. The van der Waals surface area contributed by atoms with E-state index >= 15 is 0 Å². The number of pyridine rings is 1. The Balaban J connectivity index is 3.03. The maximum Gasteiger partial charge on any atom is 0.490 e. The molecule has 1 heterocycles. The molecular formula is C8H11BClNO2. The van der Waals surface area contributed by atoms with Gasteiger partial charge in [-0.25, -0.2) is 0 Å². The molecule has 0 atom stereocenters. The minimum Gasteiger partial charge on any atom is -0.423 e. The zero-order valence-corrected chi connectivity index (χ0v) is 8.12. The number of rotatable bonds is 3. The number of hydrogen-bond donors (Lipinski definition) is 2. The molecule has 0 saturated heterocycles. The van der Waals surface area contributed by atoms with Crippen molar-refractivity contribution in [2.45, 2.75) is 19.8 Å². The Morgan fingerprint density at radius 1 is 1.54 bits per heavy atom. The van der Waals surface area contributed by atoms with E-state index in [1.807, 2.05) is 6.92 Å². The first kappa shape index (κ1) is 10.5. The molecule has 0 spiro atoms. The normalized spacial score (nSPS) is 10.2. The van der Waals surface area contributed by atoms with Crippen LogP contribution in [0.5, 0.6) is 0 Å². The maximum absolute atomic E-state index is 9.01. The lowest BCUT2D eigenvalue weighted by Gasteiger charge is -2.06. The first-order valence-corrected chi connectivity index (χ1v) is 4.53. The summed E-state index contributed by atoms with van der Waals surface area (Å²) in [4.78, 5) is 4.04. The van der Waals surface area contributed by atoms with Gasteiger partial charge in [-0.3, -0.25) is 4.98 Å². The molecule has 0 radical (unpaired) electrons. The summed E-state index contributed by atoms with van der Waals surface area (Å²) in [5, 5.41) is 18.4. The molecule has 0 aliphatic rings. The lowest BCUT2D eigenvalue weighted by molar-refractivity contribution is 0.425. The largest absolute Gasteiger partial charge is 0.490 e. The van der Waals surface area contributed by atoms with Crippen LogP contribution in [0.4, 0.5) is 0 Å². The number of nitrogens with zero attached hydrogens (tertiary/aromatic N) is 1. The molecule has 1 aromatic rings. The SMILES string of the molecule is CCCc1ncc(Cl)cc1B(O)O. The highest BCUT2D eigenvalue weighted by Gasteiger charge is 2.16. The highest BCUT2D eigenvalue weighted by molar-refractivity contribution is 6.59. The summed E-state index contributed by atoms with van der Waals surface area (Å²) in [5.74, 6) is 0. The van der Waals surface area contributed by atoms with Crippen LogP contribution >= 0.6 is 11.6 Å². The molecule has 0 saturated carbocycles. The van der Waals surface area contributed by atoms with Crippen molar-refractivity contribution >= 4 is 24.2 Å². The van der Waals surface area contributed by atoms with Crippen LogP contribution in [0.2, 0.25) is 5.02 Å². The van der Waals surface area contributed by atoms with Crippen molar-refractivity contribution in [2.75, 3.05) is 0 Å². The van der Waals surface area contributed by atoms with Crippen molar-refractivity contribution in [3.63, 3.8) is 0 Å². The van der Waals surface area contributed by atoms with E-state index in [0.29, 0.717) is 16.2 Å². The average Bonchev–Trinajstić information content (AvgIpc) is 2.08. The fourth-order valence-electron chi connectivity index (χ4n) is 1.15. The van der Waals surface area contributed by atoms with Crippen LogP contribution in [0, 0.1) is 0 Å². The van der Waals surface area contributed by atoms with Crippen LogP contribution in [0.1, 0.15) is 19.0 Å². The Morgan fingerprint density at radius 2 is 2.23 bits per heavy atom. The Morgan fingerprint density at radius 3 is 2.77 bits per heavy atom. The van der Waals surface area contributed by atoms with Gasteiger partial charge in [-0.15, -0.1) is 0 Å². The van der Waals surface area contributed by atoms with Crippen LogP contribution in [0.15, 0.2) is 12.3 Å². The van der Waals surface area contributed by atoms with Gasteiger partial charge in [0.1, 0.15) is 0 Å². The van der Waals surface area contributed by atoms with E-state index < -0.39 is 7.12 Å². The molecule has 0 amide bonds. The zero-order valence-electron chi connectivity index (χ0n) is 7.37. The monoisotopic (exact) mass is 199 g/mol. The summed E-state index contributed by atoms with van der Waals surface area (Å²) in [6, 6.07) is 1.53. The molecule has 70 valence electrons. The number of aromatic nitrogens is 1. The van der Waals surface area contributed by atoms with Crippen LogP contribution in [0.3, 0.4) is 0 Å². The van der Waals surface area contributed by atoms with Crippen LogP contribution in [-0.2, 0) is 6.42 Å². The maximum atomic E-state index is 9.01. The number of aryl methyl sites for hydroxylation is 1. The lowest BCUT2D eigenvalue weighted by Crippen LogP contribution is -2.33. The molecule has 0 bridgehead atoms. The molecule has 0 unspecified atom stereocenters. The number of halogens is 1. The van der Waals surface area contributed by atoms with Crippen molar-refractivity contribution in [2.24, 2.45) is 0 Å². The van der Waals surface area contributed by atoms with Gasteiger partial charge in [0.15, 0.2) is 0 Å². The van der Waals surface area contributed by atoms with Crippen molar-refractivity contribution in [3.05, 3.63) is 23.0 Å². The van der Waals surface area contributed by atoms with Gasteiger partial charge in [0.25, 0.3) is 0 Å². The molecule has 0 aliphatic carbocycles. The van der Waals surface area contributed by atoms with Gasteiger partial charge in [0.2, 0.25) is 0 Å². The standard InChI is InChI=1S/C8H11BClNO2/c1-2-3-8-7(9(12)13)4-6(10)5-11-8/h4-5,12-13H,2-3H2,1H3. The Kier molecular flexibility index (Phi) is 3.72. The summed E-state index contributed by atoms with van der Waals surface area (Å²) in [6.45, 7) is 2.00. The zero-order chi connectivity index (χ0) is 9.84. The minimum atomic E-state index is -1.49. The van der Waals surface area contributed by atoms with Gasteiger partial charge >= 0.3 is 7.12 Å². The third-order valence-corrected chi connectivity index (χ3v) is 1.94. The van der Waals surface area contributed by atoms with Crippen molar-refractivity contribution < 1.29 is 10.0 Å². The van der Waals surface area contributed by atoms with E-state index in [4.69, 9.17) is 21.6 Å². The second-order valence-corrected chi connectivity index (χ2v) is 3.25. The van der Waals surface area contributed by atoms with Gasteiger partial charge in [0.05, 0.1) is 5.02 Å². The molecule has 1 aromatic heterocycles. The summed E-state index contributed by atoms with van der Waals surface area (Å²) in [5.41, 5.74) is 1.09. The summed E-state index contributed by atoms with van der Waals surface area (Å²) in [7, 11) is -1.49. The van der Waals surface area contributed by atoms with E-state index in [9.17, 15) is 0 Å². The van der Waals surface area contributed by atoms with Crippen LogP contribution in [-0.4, -0.2) is 22.2 Å². The molecule has 5 heteroatoms. The van der Waals surface area contributed by atoms with E-state index in [0.717, 1.165) is 12.8 Å². The summed E-state index contributed by atoms with van der Waals surface area (Å²) in [6.07, 6.45) is 3.15. The van der Waals surface area contributed by atoms with Crippen LogP contribution < -0.4 is 5.46 Å². The predicted molar refractivity (Wildman–Crippen MR) is 53.1 cm³/mol. The highest BCUT2D eigenvalue weighted by atomic mass is 35.5. The van der Waals surface area contributed by atoms with E-state index in [1.54, 1.807) is 0 Å². The van der Waals surface area contributed by atoms with E-state index in [1.165, 1.54) is 12.3 Å². The molecule has 3 nitrogen and oxygen atoms in total. The smallest absolute Gasteiger partial charge is 0.423 e. The first-order chi connectivity index (χ1) is 6.15. The predicted octanol–water partition coefficient (Wildman–Crippen LogP) is 0.367. The summed E-state index contributed by atoms with van der Waals surface area (Å²) >= 11 is 5.68. The van der Waals surface area contributed by atoms with E-state index in [-0.39, 0.29) is 0 Å². The fraction of sp³-hybridized carbons (Fsp3) is 0.375. The van der Waals surface area contributed by atoms with Gasteiger partial charge in [-0.1, -0.05) is 24.9 Å². The molecule has 0 aromatic carbocycles. The second-order valence-electron chi connectivity index (χ2n) is 2.81. The molecule has 0 aliphatic heterocycles. The molecule has 0 fully saturated rings. The first-order valence-electron chi connectivity index (χ1n) is 4.15. The molecule has 2 N–H and O–H groups in total. The topological polar surface area (TPSA) is 53.4 Å². The minimum absolute atomic E-state index is 0.398.